The van der Waals surface area contributed by atoms with Crippen molar-refractivity contribution in [2.75, 3.05) is 5.75 Å². The summed E-state index contributed by atoms with van der Waals surface area (Å²) in [6, 6.07) is 8.22. The maximum Gasteiger partial charge on any atom is 0.178 e. The molecule has 7 heteroatoms. The third-order valence-corrected chi connectivity index (χ3v) is 4.22. The van der Waals surface area contributed by atoms with Gasteiger partial charge in [-0.1, -0.05) is 23.9 Å². The molecule has 0 saturated heterocycles. The van der Waals surface area contributed by atoms with Crippen LogP contribution in [0.3, 0.4) is 0 Å². The van der Waals surface area contributed by atoms with Gasteiger partial charge in [-0.05, 0) is 42.8 Å². The van der Waals surface area contributed by atoms with Gasteiger partial charge in [-0.15, -0.1) is 0 Å². The quantitative estimate of drug-likeness (QED) is 0.448. The third-order valence-electron chi connectivity index (χ3n) is 2.71. The topological polar surface area (TPSA) is 91.5 Å². The molecule has 0 aliphatic carbocycles. The van der Waals surface area contributed by atoms with Gasteiger partial charge in [-0.25, -0.2) is 4.98 Å². The van der Waals surface area contributed by atoms with Crippen molar-refractivity contribution in [1.29, 1.82) is 10.8 Å². The van der Waals surface area contributed by atoms with Gasteiger partial charge < -0.3 is 5.73 Å². The Balaban J connectivity index is 2.07. The highest BCUT2D eigenvalue weighted by Gasteiger charge is 2.06. The molecule has 0 unspecified atom stereocenters. The molecule has 4 N–H and O–H groups in total. The van der Waals surface area contributed by atoms with Crippen LogP contribution in [0.25, 0.3) is 5.69 Å². The van der Waals surface area contributed by atoms with E-state index in [1.54, 1.807) is 13.1 Å². The summed E-state index contributed by atoms with van der Waals surface area (Å²) < 4.78 is 1.97. The maximum absolute atomic E-state index is 7.55. The Kier molecular flexibility index (Phi) is 5.46. The zero-order chi connectivity index (χ0) is 15.2. The highest BCUT2D eigenvalue weighted by atomic mass is 32.2. The zero-order valence-corrected chi connectivity index (χ0v) is 13.3. The number of aryl methyl sites for hydroxylation is 1. The minimum Gasteiger partial charge on any atom is -0.379 e. The van der Waals surface area contributed by atoms with Crippen molar-refractivity contribution in [1.82, 2.24) is 9.55 Å². The summed E-state index contributed by atoms with van der Waals surface area (Å²) in [5.74, 6) is 0.813. The molecule has 0 amide bonds. The summed E-state index contributed by atoms with van der Waals surface area (Å²) in [6.07, 6.45) is 4.52. The molecule has 2 rings (SSSR count). The van der Waals surface area contributed by atoms with E-state index in [1.165, 1.54) is 29.1 Å². The normalized spacial score (nSPS) is 10.5. The molecule has 2 aromatic rings. The maximum atomic E-state index is 7.55. The van der Waals surface area contributed by atoms with E-state index in [2.05, 4.69) is 17.1 Å². The highest BCUT2D eigenvalue weighted by molar-refractivity contribution is 8.13. The van der Waals surface area contributed by atoms with Crippen LogP contribution in [0, 0.1) is 10.8 Å². The van der Waals surface area contributed by atoms with Gasteiger partial charge in [0.25, 0.3) is 0 Å². The second-order valence-electron chi connectivity index (χ2n) is 4.37. The lowest BCUT2D eigenvalue weighted by Crippen LogP contribution is -2.05. The van der Waals surface area contributed by atoms with Crippen LogP contribution >= 0.6 is 23.5 Å². The van der Waals surface area contributed by atoms with E-state index < -0.39 is 0 Å². The first-order chi connectivity index (χ1) is 10.1. The summed E-state index contributed by atoms with van der Waals surface area (Å²) in [5.41, 5.74) is 7.56. The number of nitrogens with one attached hydrogen (secondary N) is 2. The smallest absolute Gasteiger partial charge is 0.178 e. The standard InChI is InChI=1S/C14H17N5S2/c1-10(15)21-14-18-7-8-19(14)12-4-2-11(3-5-12)6-9-20-13(16)17/h2-5,7-8,15H,6,9H2,1H3,(H3,16,17). The fourth-order valence-corrected chi connectivity index (χ4v) is 3.01. The summed E-state index contributed by atoms with van der Waals surface area (Å²) in [5, 5.41) is 16.2. The monoisotopic (exact) mass is 319 g/mol. The number of imidazole rings is 1. The lowest BCUT2D eigenvalue weighted by molar-refractivity contribution is 0.898. The van der Waals surface area contributed by atoms with Crippen LogP contribution in [-0.2, 0) is 6.42 Å². The van der Waals surface area contributed by atoms with E-state index in [1.807, 2.05) is 22.9 Å². The van der Waals surface area contributed by atoms with Gasteiger partial charge in [0.1, 0.15) is 0 Å². The van der Waals surface area contributed by atoms with Crippen molar-refractivity contribution in [3.8, 4) is 5.69 Å². The molecule has 0 bridgehead atoms. The number of rotatable bonds is 5. The summed E-state index contributed by atoms with van der Waals surface area (Å²) in [6.45, 7) is 1.75. The average molecular weight is 319 g/mol. The summed E-state index contributed by atoms with van der Waals surface area (Å²) >= 11 is 2.70. The third kappa shape index (κ3) is 4.64. The first-order valence-corrected chi connectivity index (χ1v) is 8.19. The molecule has 1 heterocycles. The van der Waals surface area contributed by atoms with Gasteiger partial charge in [-0.2, -0.15) is 0 Å². The highest BCUT2D eigenvalue weighted by Crippen LogP contribution is 2.21. The van der Waals surface area contributed by atoms with E-state index in [0.29, 0.717) is 5.04 Å². The van der Waals surface area contributed by atoms with Gasteiger partial charge in [0.15, 0.2) is 10.3 Å². The van der Waals surface area contributed by atoms with Crippen LogP contribution in [0.4, 0.5) is 0 Å². The van der Waals surface area contributed by atoms with Crippen molar-refractivity contribution >= 4 is 33.7 Å². The molecule has 0 radical (unpaired) electrons. The lowest BCUT2D eigenvalue weighted by Gasteiger charge is -2.08. The van der Waals surface area contributed by atoms with Crippen molar-refractivity contribution in [3.05, 3.63) is 42.2 Å². The molecule has 0 atom stereocenters. The molecule has 0 spiro atoms. The van der Waals surface area contributed by atoms with Gasteiger partial charge in [0, 0.05) is 23.8 Å². The number of hydrogen-bond donors (Lipinski definition) is 3. The van der Waals surface area contributed by atoms with Crippen LogP contribution < -0.4 is 5.73 Å². The first kappa shape index (κ1) is 15.7. The van der Waals surface area contributed by atoms with Gasteiger partial charge in [0.05, 0.1) is 5.04 Å². The number of nitrogens with zero attached hydrogens (tertiary/aromatic N) is 2. The minimum absolute atomic E-state index is 0.161. The van der Waals surface area contributed by atoms with Gasteiger partial charge in [0.2, 0.25) is 0 Å². The minimum atomic E-state index is 0.161. The second kappa shape index (κ2) is 7.33. The van der Waals surface area contributed by atoms with E-state index in [9.17, 15) is 0 Å². The van der Waals surface area contributed by atoms with Crippen molar-refractivity contribution in [2.24, 2.45) is 5.73 Å². The predicted molar refractivity (Wildman–Crippen MR) is 90.9 cm³/mol. The van der Waals surface area contributed by atoms with Crippen LogP contribution in [0.5, 0.6) is 0 Å². The van der Waals surface area contributed by atoms with Crippen molar-refractivity contribution in [2.45, 2.75) is 18.5 Å². The Morgan fingerprint density at radius 2 is 2.00 bits per heavy atom. The molecule has 5 nitrogen and oxygen atoms in total. The second-order valence-corrected chi connectivity index (χ2v) is 6.69. The molecule has 1 aromatic heterocycles. The van der Waals surface area contributed by atoms with Gasteiger partial charge in [-0.3, -0.25) is 15.4 Å². The Hall–Kier alpha value is -1.73. The molecule has 0 fully saturated rings. The van der Waals surface area contributed by atoms with E-state index in [-0.39, 0.29) is 5.17 Å². The predicted octanol–water partition coefficient (Wildman–Crippen LogP) is 3.13. The van der Waals surface area contributed by atoms with E-state index in [4.69, 9.17) is 16.6 Å². The fourth-order valence-electron chi connectivity index (χ4n) is 1.80. The Labute approximate surface area is 132 Å². The molecule has 0 aliphatic heterocycles. The fraction of sp³-hybridized carbons (Fsp3) is 0.214. The molecular formula is C14H17N5S2. The molecule has 1 aromatic carbocycles. The number of benzene rings is 1. The zero-order valence-electron chi connectivity index (χ0n) is 11.7. The molecule has 0 saturated carbocycles. The van der Waals surface area contributed by atoms with E-state index in [0.717, 1.165) is 23.0 Å². The van der Waals surface area contributed by atoms with E-state index >= 15 is 0 Å². The lowest BCUT2D eigenvalue weighted by atomic mass is 10.1. The molecular weight excluding hydrogens is 302 g/mol. The van der Waals surface area contributed by atoms with Crippen molar-refractivity contribution in [3.63, 3.8) is 0 Å². The van der Waals surface area contributed by atoms with Crippen LogP contribution in [0.1, 0.15) is 12.5 Å². The van der Waals surface area contributed by atoms with Crippen LogP contribution in [0.2, 0.25) is 0 Å². The first-order valence-electron chi connectivity index (χ1n) is 6.39. The number of nitrogens with two attached hydrogens (primary N) is 1. The summed E-state index contributed by atoms with van der Waals surface area (Å²) in [7, 11) is 0. The summed E-state index contributed by atoms with van der Waals surface area (Å²) in [4.78, 5) is 4.27. The molecule has 21 heavy (non-hydrogen) atoms. The SMILES string of the molecule is CC(=N)Sc1nccn1-c1ccc(CCSC(=N)N)cc1. The van der Waals surface area contributed by atoms with Gasteiger partial charge >= 0.3 is 0 Å². The average Bonchev–Trinajstić information content (AvgIpc) is 2.86. The number of hydrogen-bond acceptors (Lipinski definition) is 5. The Bertz CT molecular complexity index is 633. The van der Waals surface area contributed by atoms with Crippen LogP contribution in [0.15, 0.2) is 41.8 Å². The number of aromatic nitrogens is 2. The Morgan fingerprint density at radius 3 is 2.62 bits per heavy atom. The van der Waals surface area contributed by atoms with Crippen LogP contribution in [-0.4, -0.2) is 25.5 Å². The number of thioether (sulfide) groups is 2. The molecule has 0 aliphatic rings. The Morgan fingerprint density at radius 1 is 1.29 bits per heavy atom. The number of amidine groups is 1. The van der Waals surface area contributed by atoms with Crippen molar-refractivity contribution < 1.29 is 0 Å². The molecule has 110 valence electrons. The largest absolute Gasteiger partial charge is 0.379 e.